The van der Waals surface area contributed by atoms with Gasteiger partial charge in [0.25, 0.3) is 0 Å². The number of allylic oxidation sites excluding steroid dienone is 4. The molecule has 6 nitrogen and oxygen atoms in total. The maximum absolute atomic E-state index is 13.1. The fraction of sp³-hybridized carbons (Fsp3) is 0.645. The predicted octanol–water partition coefficient (Wildman–Crippen LogP) is 4.49. The van der Waals surface area contributed by atoms with Gasteiger partial charge in [-0.15, -0.1) is 5.76 Å². The molecule has 2 aliphatic heterocycles. The number of esters is 2. The van der Waals surface area contributed by atoms with Gasteiger partial charge in [0.15, 0.2) is 5.78 Å². The van der Waals surface area contributed by atoms with Crippen LogP contribution in [-0.4, -0.2) is 29.9 Å². The van der Waals surface area contributed by atoms with Gasteiger partial charge in [-0.1, -0.05) is 56.8 Å². The van der Waals surface area contributed by atoms with E-state index in [-0.39, 0.29) is 46.7 Å². The first-order chi connectivity index (χ1) is 18.0. The van der Waals surface area contributed by atoms with Crippen molar-refractivity contribution in [3.05, 3.63) is 47.3 Å². The first-order valence-electron chi connectivity index (χ1n) is 14.5. The summed E-state index contributed by atoms with van der Waals surface area (Å²) in [7, 11) is 0. The Balaban J connectivity index is 1.12. The molecule has 6 aliphatic rings. The summed E-state index contributed by atoms with van der Waals surface area (Å²) in [6.07, 6.45) is 20.1. The lowest BCUT2D eigenvalue weighted by molar-refractivity contribution is -0.327. The van der Waals surface area contributed by atoms with Crippen molar-refractivity contribution in [2.24, 2.45) is 35.5 Å². The van der Waals surface area contributed by atoms with Crippen LogP contribution < -0.4 is 5.11 Å². The number of hydrogen-bond acceptors (Lipinski definition) is 6. The monoisotopic (exact) mass is 505 g/mol. The lowest BCUT2D eigenvalue weighted by atomic mass is 9.63. The summed E-state index contributed by atoms with van der Waals surface area (Å²) < 4.78 is 11.6. The first kappa shape index (κ1) is 24.7. The van der Waals surface area contributed by atoms with Crippen molar-refractivity contribution in [3.63, 3.8) is 0 Å². The van der Waals surface area contributed by atoms with Gasteiger partial charge in [-0.2, -0.15) is 0 Å². The molecule has 4 aliphatic carbocycles. The molecule has 6 rings (SSSR count). The molecule has 198 valence electrons. The lowest BCUT2D eigenvalue weighted by Gasteiger charge is -2.49. The number of Topliss-reactive ketones (excluding diaryl/α,β-unsaturated/α-hetero) is 1. The third kappa shape index (κ3) is 4.51. The summed E-state index contributed by atoms with van der Waals surface area (Å²) >= 11 is 0. The van der Waals surface area contributed by atoms with Crippen LogP contribution in [0.2, 0.25) is 0 Å². The summed E-state index contributed by atoms with van der Waals surface area (Å²) in [5.74, 6) is 0.0426. The van der Waals surface area contributed by atoms with Crippen molar-refractivity contribution in [1.82, 2.24) is 0 Å². The zero-order valence-corrected chi connectivity index (χ0v) is 21.4. The van der Waals surface area contributed by atoms with Gasteiger partial charge in [0.05, 0.1) is 5.92 Å². The van der Waals surface area contributed by atoms with Gasteiger partial charge >= 0.3 is 11.9 Å². The maximum Gasteiger partial charge on any atom is 0.342 e. The summed E-state index contributed by atoms with van der Waals surface area (Å²) in [4.78, 5) is 38.5. The fourth-order valence-electron chi connectivity index (χ4n) is 8.31. The highest BCUT2D eigenvalue weighted by molar-refractivity contribution is 6.20. The maximum atomic E-state index is 13.1. The summed E-state index contributed by atoms with van der Waals surface area (Å²) in [5, 5.41) is 13.1. The van der Waals surface area contributed by atoms with Crippen LogP contribution in [0.5, 0.6) is 0 Å². The van der Waals surface area contributed by atoms with E-state index in [1.165, 1.54) is 37.8 Å². The molecule has 0 bridgehead atoms. The Labute approximate surface area is 218 Å². The summed E-state index contributed by atoms with van der Waals surface area (Å²) in [6, 6.07) is 0. The Hall–Kier alpha value is -2.63. The van der Waals surface area contributed by atoms with Crippen molar-refractivity contribution in [2.45, 2.75) is 89.3 Å². The lowest BCUT2D eigenvalue weighted by Crippen LogP contribution is -2.50. The molecule has 1 saturated heterocycles. The molecule has 8 atom stereocenters. The molecule has 0 aromatic rings. The van der Waals surface area contributed by atoms with Gasteiger partial charge in [0.2, 0.25) is 0 Å². The van der Waals surface area contributed by atoms with Crippen molar-refractivity contribution in [2.75, 3.05) is 0 Å². The minimum atomic E-state index is -0.532. The Morgan fingerprint density at radius 2 is 1.24 bits per heavy atom. The van der Waals surface area contributed by atoms with Crippen LogP contribution in [0.1, 0.15) is 77.0 Å². The minimum Gasteiger partial charge on any atom is -0.875 e. The molecule has 4 saturated carbocycles. The molecule has 0 amide bonds. The molecule has 8 unspecified atom stereocenters. The van der Waals surface area contributed by atoms with Crippen LogP contribution >= 0.6 is 0 Å². The van der Waals surface area contributed by atoms with Crippen molar-refractivity contribution < 1.29 is 29.0 Å². The number of rotatable bonds is 3. The fourth-order valence-corrected chi connectivity index (χ4v) is 8.31. The highest BCUT2D eigenvalue weighted by Crippen LogP contribution is 2.48. The molecule has 5 fully saturated rings. The second-order valence-corrected chi connectivity index (χ2v) is 12.0. The van der Waals surface area contributed by atoms with Crippen LogP contribution in [0.4, 0.5) is 0 Å². The molecule has 0 spiro atoms. The molecule has 0 radical (unpaired) electrons. The number of ether oxygens (including phenoxy) is 2. The highest BCUT2D eigenvalue weighted by Gasteiger charge is 2.50. The minimum absolute atomic E-state index is 0.0908. The van der Waals surface area contributed by atoms with E-state index in [9.17, 15) is 19.5 Å². The smallest absolute Gasteiger partial charge is 0.342 e. The largest absolute Gasteiger partial charge is 0.875 e. The van der Waals surface area contributed by atoms with E-state index in [1.807, 2.05) is 0 Å². The van der Waals surface area contributed by atoms with E-state index in [2.05, 4.69) is 0 Å². The van der Waals surface area contributed by atoms with Crippen LogP contribution in [0.15, 0.2) is 47.3 Å². The number of hydrogen-bond donors (Lipinski definition) is 0. The number of ketones is 1. The van der Waals surface area contributed by atoms with E-state index < -0.39 is 11.9 Å². The Morgan fingerprint density at radius 1 is 0.649 bits per heavy atom. The normalized spacial score (nSPS) is 41.2. The number of carbonyl (C=O) groups is 3. The third-order valence-corrected chi connectivity index (χ3v) is 10.1. The second kappa shape index (κ2) is 10.3. The van der Waals surface area contributed by atoms with Crippen LogP contribution in [0.3, 0.4) is 0 Å². The Kier molecular flexibility index (Phi) is 6.85. The second-order valence-electron chi connectivity index (χ2n) is 12.0. The molecular weight excluding hydrogens is 468 g/mol. The standard InChI is InChI=1S/C31H38O6/c32-26-22-16-14-18-8-4-6-10-20(18)28(22)36-30(34)24(26)12-2-1-3-13-25-27(33)23-17-15-19-9-5-7-11-21(19)29(23)37-31(25)35/h1-3,12-13,18-23,28-29,32H,4-11,14-17H2/p-1. The topological polar surface area (TPSA) is 92.7 Å². The van der Waals surface area contributed by atoms with Crippen molar-refractivity contribution in [1.29, 1.82) is 0 Å². The van der Waals surface area contributed by atoms with E-state index in [0.717, 1.165) is 51.4 Å². The zero-order chi connectivity index (χ0) is 25.5. The molecule has 0 aromatic heterocycles. The van der Waals surface area contributed by atoms with Gasteiger partial charge in [-0.25, -0.2) is 9.59 Å². The molecule has 0 aromatic carbocycles. The Bertz CT molecular complexity index is 1080. The van der Waals surface area contributed by atoms with Gasteiger partial charge in [0, 0.05) is 11.5 Å². The molecule has 0 N–H and O–H groups in total. The van der Waals surface area contributed by atoms with Crippen LogP contribution in [0.25, 0.3) is 0 Å². The van der Waals surface area contributed by atoms with Crippen molar-refractivity contribution >= 4 is 17.7 Å². The molecule has 37 heavy (non-hydrogen) atoms. The average Bonchev–Trinajstić information content (AvgIpc) is 2.91. The van der Waals surface area contributed by atoms with Crippen molar-refractivity contribution in [3.8, 4) is 0 Å². The summed E-state index contributed by atoms with van der Waals surface area (Å²) in [5.41, 5.74) is 0.182. The van der Waals surface area contributed by atoms with E-state index in [0.29, 0.717) is 23.7 Å². The zero-order valence-electron chi connectivity index (χ0n) is 21.4. The SMILES string of the molecule is O=C1OC2C(CCC3CCCCC32)C(=O)C1=CC=CC=CC1=C([O-])C2CCC3CCCCC3C2OC1=O. The predicted molar refractivity (Wildman–Crippen MR) is 134 cm³/mol. The Morgan fingerprint density at radius 3 is 1.95 bits per heavy atom. The van der Waals surface area contributed by atoms with E-state index >= 15 is 0 Å². The van der Waals surface area contributed by atoms with E-state index in [4.69, 9.17) is 9.47 Å². The number of carbonyl (C=O) groups excluding carboxylic acids is 3. The highest BCUT2D eigenvalue weighted by atomic mass is 16.6. The quantitative estimate of drug-likeness (QED) is 0.243. The average molecular weight is 506 g/mol. The van der Waals surface area contributed by atoms with Crippen LogP contribution in [0, 0.1) is 35.5 Å². The van der Waals surface area contributed by atoms with Crippen LogP contribution in [-0.2, 0) is 23.9 Å². The van der Waals surface area contributed by atoms with E-state index in [1.54, 1.807) is 18.2 Å². The van der Waals surface area contributed by atoms with Gasteiger partial charge in [0.1, 0.15) is 17.8 Å². The van der Waals surface area contributed by atoms with Gasteiger partial charge in [-0.3, -0.25) is 4.79 Å². The first-order valence-corrected chi connectivity index (χ1v) is 14.5. The van der Waals surface area contributed by atoms with Gasteiger partial charge < -0.3 is 14.6 Å². The third-order valence-electron chi connectivity index (χ3n) is 10.1. The number of fused-ring (bicyclic) bond motifs is 6. The molecule has 2 heterocycles. The summed E-state index contributed by atoms with van der Waals surface area (Å²) in [6.45, 7) is 0. The molecular formula is C31H37O6-. The van der Waals surface area contributed by atoms with Gasteiger partial charge in [-0.05, 0) is 74.3 Å². The molecule has 6 heteroatoms.